The van der Waals surface area contributed by atoms with Crippen LogP contribution in [0.1, 0.15) is 10.5 Å². The molecule has 0 atom stereocenters. The van der Waals surface area contributed by atoms with Crippen molar-refractivity contribution in [1.82, 2.24) is 9.97 Å². The highest BCUT2D eigenvalue weighted by Crippen LogP contribution is 2.15. The number of ketones is 1. The molecule has 1 aromatic heterocycles. The van der Waals surface area contributed by atoms with E-state index in [9.17, 15) is 4.79 Å². The summed E-state index contributed by atoms with van der Waals surface area (Å²) in [6.07, 6.45) is 4.97. The van der Waals surface area contributed by atoms with E-state index in [4.69, 9.17) is 0 Å². The molecule has 0 bridgehead atoms. The molecule has 1 rings (SSSR count). The molecular weight excluding hydrogens is 240 g/mol. The lowest BCUT2D eigenvalue weighted by molar-refractivity contribution is 0.101. The number of rotatable bonds is 3. The van der Waals surface area contributed by atoms with Gasteiger partial charge in [0.15, 0.2) is 5.78 Å². The van der Waals surface area contributed by atoms with E-state index < -0.39 is 0 Å². The summed E-state index contributed by atoms with van der Waals surface area (Å²) in [6.45, 7) is 0. The second-order valence-electron chi connectivity index (χ2n) is 1.97. The van der Waals surface area contributed by atoms with Gasteiger partial charge in [-0.1, -0.05) is 15.9 Å². The Bertz CT molecular complexity index is 292. The van der Waals surface area contributed by atoms with Crippen LogP contribution in [0.2, 0.25) is 0 Å². The number of carbonyl (C=O) groups is 1. The second kappa shape index (κ2) is 4.57. The van der Waals surface area contributed by atoms with Crippen LogP contribution >= 0.6 is 27.7 Å². The van der Waals surface area contributed by atoms with Gasteiger partial charge in [0.25, 0.3) is 0 Å². The van der Waals surface area contributed by atoms with Crippen LogP contribution in [0.3, 0.4) is 0 Å². The fraction of sp³-hybridized carbons (Fsp3) is 0.286. The largest absolute Gasteiger partial charge is 0.291 e. The molecule has 0 unspecified atom stereocenters. The van der Waals surface area contributed by atoms with Gasteiger partial charge < -0.3 is 0 Å². The lowest BCUT2D eigenvalue weighted by Crippen LogP contribution is -2.05. The smallest absolute Gasteiger partial charge is 0.194 e. The predicted molar refractivity (Wildman–Crippen MR) is 51.9 cm³/mol. The van der Waals surface area contributed by atoms with Gasteiger partial charge in [0.05, 0.1) is 5.33 Å². The van der Waals surface area contributed by atoms with Crippen molar-refractivity contribution in [1.29, 1.82) is 0 Å². The Balaban J connectivity index is 3.04. The number of hydrogen-bond donors (Lipinski definition) is 0. The summed E-state index contributed by atoms with van der Waals surface area (Å²) in [5.41, 5.74) is 0.446. The lowest BCUT2D eigenvalue weighted by atomic mass is 10.3. The number of Topliss-reactive ketones (excluding diaryl/α,β-unsaturated/α-hetero) is 1. The monoisotopic (exact) mass is 246 g/mol. The van der Waals surface area contributed by atoms with E-state index >= 15 is 0 Å². The summed E-state index contributed by atoms with van der Waals surface area (Å²) in [7, 11) is 0. The fourth-order valence-electron chi connectivity index (χ4n) is 0.729. The number of nitrogens with zero attached hydrogens (tertiary/aromatic N) is 2. The molecule has 1 heterocycles. The number of carbonyl (C=O) groups excluding carboxylic acids is 1. The molecule has 64 valence electrons. The van der Waals surface area contributed by atoms with Crippen LogP contribution in [0.15, 0.2) is 17.4 Å². The average molecular weight is 247 g/mol. The Labute approximate surface area is 83.1 Å². The third-order valence-corrected chi connectivity index (χ3v) is 2.44. The standard InChI is InChI=1S/C7H7BrN2OS/c1-12-7-6(5(11)4-8)9-2-3-10-7/h2-3H,4H2,1H3. The van der Waals surface area contributed by atoms with Gasteiger partial charge >= 0.3 is 0 Å². The first kappa shape index (κ1) is 9.67. The van der Waals surface area contributed by atoms with Crippen LogP contribution in [0.5, 0.6) is 0 Å². The van der Waals surface area contributed by atoms with Crippen molar-refractivity contribution in [2.24, 2.45) is 0 Å². The predicted octanol–water partition coefficient (Wildman–Crippen LogP) is 1.78. The number of aromatic nitrogens is 2. The molecule has 0 saturated heterocycles. The molecule has 0 saturated carbocycles. The summed E-state index contributed by atoms with van der Waals surface area (Å²) < 4.78 is 0. The van der Waals surface area contributed by atoms with E-state index in [1.165, 1.54) is 18.0 Å². The normalized spacial score (nSPS) is 9.83. The van der Waals surface area contributed by atoms with E-state index in [2.05, 4.69) is 25.9 Å². The van der Waals surface area contributed by atoms with Crippen LogP contribution in [0.4, 0.5) is 0 Å². The van der Waals surface area contributed by atoms with Crippen molar-refractivity contribution in [3.05, 3.63) is 18.1 Å². The van der Waals surface area contributed by atoms with Crippen molar-refractivity contribution in [2.75, 3.05) is 11.6 Å². The molecule has 1 aromatic rings. The van der Waals surface area contributed by atoms with Gasteiger partial charge in [-0.05, 0) is 6.26 Å². The van der Waals surface area contributed by atoms with Crippen LogP contribution < -0.4 is 0 Å². The zero-order chi connectivity index (χ0) is 8.97. The molecule has 3 nitrogen and oxygen atoms in total. The van der Waals surface area contributed by atoms with Crippen LogP contribution in [0.25, 0.3) is 0 Å². The maximum atomic E-state index is 11.2. The molecule has 0 aromatic carbocycles. The quantitative estimate of drug-likeness (QED) is 0.464. The topological polar surface area (TPSA) is 42.9 Å². The molecule has 0 aliphatic heterocycles. The summed E-state index contributed by atoms with van der Waals surface area (Å²) in [6, 6.07) is 0. The van der Waals surface area contributed by atoms with Gasteiger partial charge in [-0.15, -0.1) is 11.8 Å². The Morgan fingerprint density at radius 2 is 2.25 bits per heavy atom. The molecule has 5 heteroatoms. The van der Waals surface area contributed by atoms with Crippen molar-refractivity contribution in [3.63, 3.8) is 0 Å². The van der Waals surface area contributed by atoms with E-state index in [1.807, 2.05) is 6.26 Å². The first-order valence-electron chi connectivity index (χ1n) is 3.23. The number of alkyl halides is 1. The highest BCUT2D eigenvalue weighted by atomic mass is 79.9. The van der Waals surface area contributed by atoms with Gasteiger partial charge in [0.1, 0.15) is 10.7 Å². The van der Waals surface area contributed by atoms with E-state index in [-0.39, 0.29) is 5.78 Å². The molecule has 0 spiro atoms. The Kier molecular flexibility index (Phi) is 3.68. The van der Waals surface area contributed by atoms with Gasteiger partial charge in [-0.2, -0.15) is 0 Å². The summed E-state index contributed by atoms with van der Waals surface area (Å²) in [5, 5.41) is 0.973. The molecule has 0 aliphatic carbocycles. The number of thioether (sulfide) groups is 1. The molecule has 12 heavy (non-hydrogen) atoms. The summed E-state index contributed by atoms with van der Waals surface area (Å²) >= 11 is 4.51. The summed E-state index contributed by atoms with van der Waals surface area (Å²) in [5.74, 6) is -0.0348. The zero-order valence-corrected chi connectivity index (χ0v) is 8.85. The van der Waals surface area contributed by atoms with Gasteiger partial charge in [-0.25, -0.2) is 9.97 Å². The summed E-state index contributed by atoms with van der Waals surface area (Å²) in [4.78, 5) is 19.2. The first-order valence-corrected chi connectivity index (χ1v) is 5.58. The lowest BCUT2D eigenvalue weighted by Gasteiger charge is -2.00. The van der Waals surface area contributed by atoms with Gasteiger partial charge in [0, 0.05) is 12.4 Å². The SMILES string of the molecule is CSc1nccnc1C(=O)CBr. The molecule has 0 radical (unpaired) electrons. The molecular formula is C7H7BrN2OS. The van der Waals surface area contributed by atoms with Crippen molar-refractivity contribution in [3.8, 4) is 0 Å². The highest BCUT2D eigenvalue weighted by molar-refractivity contribution is 9.09. The third-order valence-electron chi connectivity index (χ3n) is 1.24. The van der Waals surface area contributed by atoms with E-state index in [0.29, 0.717) is 16.0 Å². The minimum atomic E-state index is -0.0348. The molecule has 0 N–H and O–H groups in total. The Morgan fingerprint density at radius 1 is 1.58 bits per heavy atom. The van der Waals surface area contributed by atoms with E-state index in [1.54, 1.807) is 6.20 Å². The molecule has 0 amide bonds. The number of halogens is 1. The zero-order valence-electron chi connectivity index (χ0n) is 6.45. The van der Waals surface area contributed by atoms with Gasteiger partial charge in [-0.3, -0.25) is 4.79 Å². The van der Waals surface area contributed by atoms with Crippen molar-refractivity contribution in [2.45, 2.75) is 5.03 Å². The van der Waals surface area contributed by atoms with Crippen LogP contribution in [-0.2, 0) is 0 Å². The second-order valence-corrected chi connectivity index (χ2v) is 3.33. The highest BCUT2D eigenvalue weighted by Gasteiger charge is 2.11. The van der Waals surface area contributed by atoms with Crippen LogP contribution in [0, 0.1) is 0 Å². The Hall–Kier alpha value is -0.420. The van der Waals surface area contributed by atoms with E-state index in [0.717, 1.165) is 0 Å². The van der Waals surface area contributed by atoms with Crippen LogP contribution in [-0.4, -0.2) is 27.3 Å². The van der Waals surface area contributed by atoms with Crippen molar-refractivity contribution >= 4 is 33.5 Å². The maximum Gasteiger partial charge on any atom is 0.194 e. The molecule has 0 fully saturated rings. The maximum absolute atomic E-state index is 11.2. The van der Waals surface area contributed by atoms with Crippen molar-refractivity contribution < 1.29 is 4.79 Å². The minimum absolute atomic E-state index is 0.0348. The molecule has 0 aliphatic rings. The number of hydrogen-bond acceptors (Lipinski definition) is 4. The third kappa shape index (κ3) is 2.04. The average Bonchev–Trinajstić information content (AvgIpc) is 2.16. The van der Waals surface area contributed by atoms with Gasteiger partial charge in [0.2, 0.25) is 0 Å². The fourth-order valence-corrected chi connectivity index (χ4v) is 1.52. The Morgan fingerprint density at radius 3 is 2.83 bits per heavy atom. The first-order chi connectivity index (χ1) is 5.79. The minimum Gasteiger partial charge on any atom is -0.291 e.